The monoisotopic (exact) mass is 170 g/mol. The Hall–Kier alpha value is -0.290. The van der Waals surface area contributed by atoms with Crippen LogP contribution < -0.4 is 11.1 Å². The van der Waals surface area contributed by atoms with Gasteiger partial charge in [-0.15, -0.1) is 0 Å². The van der Waals surface area contributed by atoms with Gasteiger partial charge in [-0.05, 0) is 13.8 Å². The van der Waals surface area contributed by atoms with Crippen LogP contribution in [0.3, 0.4) is 0 Å². The van der Waals surface area contributed by atoms with E-state index >= 15 is 0 Å². The first-order chi connectivity index (χ1) is 4.77. The zero-order valence-electron chi connectivity index (χ0n) is 6.63. The van der Waals surface area contributed by atoms with Crippen LogP contribution in [-0.4, -0.2) is 24.8 Å². The summed E-state index contributed by atoms with van der Waals surface area (Å²) >= 11 is 0. The Balaban J connectivity index is 3.70. The highest BCUT2D eigenvalue weighted by Gasteiger charge is 2.29. The lowest BCUT2D eigenvalue weighted by Crippen LogP contribution is -2.49. The van der Waals surface area contributed by atoms with Crippen molar-refractivity contribution < 1.29 is 13.2 Å². The predicted molar refractivity (Wildman–Crippen MR) is 37.2 cm³/mol. The lowest BCUT2D eigenvalue weighted by molar-refractivity contribution is -0.127. The fourth-order valence-corrected chi connectivity index (χ4v) is 0.412. The normalized spacial score (nSPS) is 13.6. The van der Waals surface area contributed by atoms with Crippen LogP contribution in [-0.2, 0) is 0 Å². The van der Waals surface area contributed by atoms with Crippen LogP contribution in [0.5, 0.6) is 0 Å². The number of rotatable bonds is 3. The van der Waals surface area contributed by atoms with E-state index in [-0.39, 0.29) is 6.54 Å². The van der Waals surface area contributed by atoms with Gasteiger partial charge in [-0.2, -0.15) is 13.2 Å². The highest BCUT2D eigenvalue weighted by Crippen LogP contribution is 2.14. The maximum absolute atomic E-state index is 11.6. The molecule has 0 atom stereocenters. The van der Waals surface area contributed by atoms with Crippen molar-refractivity contribution in [2.45, 2.75) is 25.6 Å². The third kappa shape index (κ3) is 6.12. The maximum atomic E-state index is 11.6. The minimum absolute atomic E-state index is 0.184. The Morgan fingerprint density at radius 2 is 1.73 bits per heavy atom. The second-order valence-corrected chi connectivity index (χ2v) is 3.06. The van der Waals surface area contributed by atoms with E-state index < -0.39 is 18.3 Å². The first-order valence-electron chi connectivity index (χ1n) is 3.29. The number of hydrogen-bond donors (Lipinski definition) is 2. The van der Waals surface area contributed by atoms with Gasteiger partial charge >= 0.3 is 6.18 Å². The Labute approximate surface area is 64.0 Å². The molecule has 0 fully saturated rings. The van der Waals surface area contributed by atoms with Crippen LogP contribution in [0, 0.1) is 0 Å². The maximum Gasteiger partial charge on any atom is 0.401 e. The van der Waals surface area contributed by atoms with E-state index in [1.807, 2.05) is 0 Å². The number of alkyl halides is 3. The van der Waals surface area contributed by atoms with E-state index in [1.54, 1.807) is 13.8 Å². The summed E-state index contributed by atoms with van der Waals surface area (Å²) in [5.41, 5.74) is 4.56. The fourth-order valence-electron chi connectivity index (χ4n) is 0.412. The smallest absolute Gasteiger partial charge is 0.329 e. The average molecular weight is 170 g/mol. The summed E-state index contributed by atoms with van der Waals surface area (Å²) in [6.45, 7) is 2.44. The van der Waals surface area contributed by atoms with Crippen LogP contribution in [0.15, 0.2) is 0 Å². The topological polar surface area (TPSA) is 38.0 Å². The third-order valence-corrected chi connectivity index (χ3v) is 1.28. The van der Waals surface area contributed by atoms with Gasteiger partial charge in [0.1, 0.15) is 0 Å². The molecular formula is C6H13F3N2. The molecule has 0 radical (unpaired) electrons. The third-order valence-electron chi connectivity index (χ3n) is 1.28. The number of nitrogens with one attached hydrogen (secondary N) is 1. The quantitative estimate of drug-likeness (QED) is 0.659. The molecule has 0 amide bonds. The molecule has 0 aliphatic rings. The first kappa shape index (κ1) is 10.7. The Morgan fingerprint density at radius 3 is 2.00 bits per heavy atom. The van der Waals surface area contributed by atoms with Crippen LogP contribution in [0.2, 0.25) is 0 Å². The minimum Gasteiger partial charge on any atom is -0.329 e. The summed E-state index contributed by atoms with van der Waals surface area (Å²) in [6, 6.07) is 0. The van der Waals surface area contributed by atoms with Gasteiger partial charge in [0, 0.05) is 12.1 Å². The van der Waals surface area contributed by atoms with Crippen LogP contribution in [0.4, 0.5) is 13.2 Å². The van der Waals surface area contributed by atoms with Gasteiger partial charge in [0.15, 0.2) is 0 Å². The van der Waals surface area contributed by atoms with Crippen molar-refractivity contribution >= 4 is 0 Å². The lowest BCUT2D eigenvalue weighted by Gasteiger charge is -2.24. The van der Waals surface area contributed by atoms with Gasteiger partial charge in [0.05, 0.1) is 6.54 Å². The first-order valence-corrected chi connectivity index (χ1v) is 3.29. The van der Waals surface area contributed by atoms with Crippen molar-refractivity contribution in [1.82, 2.24) is 5.32 Å². The van der Waals surface area contributed by atoms with Gasteiger partial charge in [-0.1, -0.05) is 0 Å². The lowest BCUT2D eigenvalue weighted by atomic mass is 10.1. The molecule has 5 heteroatoms. The van der Waals surface area contributed by atoms with Crippen molar-refractivity contribution in [3.8, 4) is 0 Å². The van der Waals surface area contributed by atoms with E-state index in [0.717, 1.165) is 0 Å². The molecule has 0 heterocycles. The van der Waals surface area contributed by atoms with Gasteiger partial charge < -0.3 is 11.1 Å². The number of halogens is 3. The highest BCUT2D eigenvalue weighted by atomic mass is 19.4. The largest absolute Gasteiger partial charge is 0.401 e. The Bertz CT molecular complexity index is 119. The van der Waals surface area contributed by atoms with Crippen molar-refractivity contribution in [3.63, 3.8) is 0 Å². The molecule has 0 aromatic carbocycles. The standard InChI is InChI=1S/C6H13F3N2/c1-5(2,3-10)11-4-6(7,8)9/h11H,3-4,10H2,1-2H3. The van der Waals surface area contributed by atoms with Crippen LogP contribution in [0.1, 0.15) is 13.8 Å². The van der Waals surface area contributed by atoms with Crippen molar-refractivity contribution in [3.05, 3.63) is 0 Å². The molecule has 0 saturated heterocycles. The van der Waals surface area contributed by atoms with E-state index in [2.05, 4.69) is 5.32 Å². The minimum atomic E-state index is -4.16. The van der Waals surface area contributed by atoms with E-state index in [9.17, 15) is 13.2 Å². The summed E-state index contributed by atoms with van der Waals surface area (Å²) < 4.78 is 34.9. The van der Waals surface area contributed by atoms with Gasteiger partial charge in [0.25, 0.3) is 0 Å². The molecule has 0 bridgehead atoms. The van der Waals surface area contributed by atoms with Crippen molar-refractivity contribution in [1.29, 1.82) is 0 Å². The zero-order valence-corrected chi connectivity index (χ0v) is 6.63. The second-order valence-electron chi connectivity index (χ2n) is 3.06. The van der Waals surface area contributed by atoms with Gasteiger partial charge in [-0.25, -0.2) is 0 Å². The molecule has 0 spiro atoms. The predicted octanol–water partition coefficient (Wildman–Crippen LogP) is 0.876. The molecule has 11 heavy (non-hydrogen) atoms. The molecule has 0 rings (SSSR count). The van der Waals surface area contributed by atoms with Gasteiger partial charge in [-0.3, -0.25) is 0 Å². The molecule has 0 aromatic rings. The summed E-state index contributed by atoms with van der Waals surface area (Å²) in [5.74, 6) is 0. The van der Waals surface area contributed by atoms with E-state index in [4.69, 9.17) is 5.73 Å². The van der Waals surface area contributed by atoms with E-state index in [1.165, 1.54) is 0 Å². The SMILES string of the molecule is CC(C)(CN)NCC(F)(F)F. The molecule has 0 aromatic heterocycles. The average Bonchev–Trinajstić information content (AvgIpc) is 1.83. The molecule has 0 aliphatic carbocycles. The molecule has 0 aliphatic heterocycles. The highest BCUT2D eigenvalue weighted by molar-refractivity contribution is 4.79. The number of nitrogens with two attached hydrogens (primary N) is 1. The van der Waals surface area contributed by atoms with Crippen molar-refractivity contribution in [2.75, 3.05) is 13.1 Å². The van der Waals surface area contributed by atoms with E-state index in [0.29, 0.717) is 0 Å². The van der Waals surface area contributed by atoms with Crippen molar-refractivity contribution in [2.24, 2.45) is 5.73 Å². The summed E-state index contributed by atoms with van der Waals surface area (Å²) in [7, 11) is 0. The second kappa shape index (κ2) is 3.40. The summed E-state index contributed by atoms with van der Waals surface area (Å²) in [6.07, 6.45) is -4.16. The molecule has 0 unspecified atom stereocenters. The molecule has 2 nitrogen and oxygen atoms in total. The molecule has 0 saturated carbocycles. The summed E-state index contributed by atoms with van der Waals surface area (Å²) in [5, 5.41) is 2.30. The molecular weight excluding hydrogens is 157 g/mol. The fraction of sp³-hybridized carbons (Fsp3) is 1.00. The Kier molecular flexibility index (Phi) is 3.31. The molecule has 68 valence electrons. The van der Waals surface area contributed by atoms with Crippen LogP contribution in [0.25, 0.3) is 0 Å². The molecule has 3 N–H and O–H groups in total. The number of hydrogen-bond acceptors (Lipinski definition) is 2. The van der Waals surface area contributed by atoms with Crippen LogP contribution >= 0.6 is 0 Å². The van der Waals surface area contributed by atoms with Gasteiger partial charge in [0.2, 0.25) is 0 Å². The zero-order chi connectivity index (χ0) is 9.12. The summed E-state index contributed by atoms with van der Waals surface area (Å²) in [4.78, 5) is 0. The Morgan fingerprint density at radius 1 is 1.27 bits per heavy atom.